The number of aromatic nitrogens is 1. The fourth-order valence-corrected chi connectivity index (χ4v) is 1.65. The summed E-state index contributed by atoms with van der Waals surface area (Å²) in [4.78, 5) is 26.8. The number of carboxylic acid groups (broad SMARTS) is 1. The standard InChI is InChI=1S/C10H12N2O3/c13-9(8-2-1-3-11-8)6-12-4-7(5-12)10(14)15/h1-3,7,11H,4-6H2,(H,14,15). The van der Waals surface area contributed by atoms with Gasteiger partial charge in [-0.15, -0.1) is 0 Å². The number of H-pyrrole nitrogens is 1. The number of carbonyl (C=O) groups excluding carboxylic acids is 1. The van der Waals surface area contributed by atoms with Crippen molar-refractivity contribution in [2.75, 3.05) is 19.6 Å². The highest BCUT2D eigenvalue weighted by molar-refractivity contribution is 5.96. The van der Waals surface area contributed by atoms with Crippen LogP contribution < -0.4 is 0 Å². The van der Waals surface area contributed by atoms with E-state index in [0.29, 0.717) is 25.3 Å². The molecule has 0 spiro atoms. The average molecular weight is 208 g/mol. The Morgan fingerprint density at radius 2 is 2.27 bits per heavy atom. The van der Waals surface area contributed by atoms with Crippen molar-refractivity contribution >= 4 is 11.8 Å². The molecule has 1 aromatic heterocycles. The lowest BCUT2D eigenvalue weighted by atomic mass is 10.00. The maximum atomic E-state index is 11.6. The lowest BCUT2D eigenvalue weighted by molar-refractivity contribution is -0.147. The molecule has 0 aliphatic carbocycles. The molecule has 0 bridgehead atoms. The van der Waals surface area contributed by atoms with Crippen LogP contribution in [0.2, 0.25) is 0 Å². The fourth-order valence-electron chi connectivity index (χ4n) is 1.65. The first kappa shape index (κ1) is 9.92. The number of rotatable bonds is 4. The molecule has 0 atom stereocenters. The number of hydrogen-bond acceptors (Lipinski definition) is 3. The van der Waals surface area contributed by atoms with Crippen LogP contribution in [0.5, 0.6) is 0 Å². The van der Waals surface area contributed by atoms with Gasteiger partial charge in [-0.1, -0.05) is 0 Å². The van der Waals surface area contributed by atoms with Gasteiger partial charge in [0, 0.05) is 19.3 Å². The van der Waals surface area contributed by atoms with E-state index in [1.807, 2.05) is 4.90 Å². The molecule has 0 saturated carbocycles. The molecule has 1 aromatic rings. The second kappa shape index (κ2) is 3.86. The summed E-state index contributed by atoms with van der Waals surface area (Å²) in [6, 6.07) is 3.49. The quantitative estimate of drug-likeness (QED) is 0.694. The lowest BCUT2D eigenvalue weighted by Crippen LogP contribution is -2.51. The van der Waals surface area contributed by atoms with Crippen molar-refractivity contribution in [3.63, 3.8) is 0 Å². The maximum Gasteiger partial charge on any atom is 0.309 e. The van der Waals surface area contributed by atoms with Crippen molar-refractivity contribution in [1.29, 1.82) is 0 Å². The first-order valence-corrected chi connectivity index (χ1v) is 4.78. The van der Waals surface area contributed by atoms with E-state index in [0.717, 1.165) is 0 Å². The Kier molecular flexibility index (Phi) is 2.55. The summed E-state index contributed by atoms with van der Waals surface area (Å²) in [6.07, 6.45) is 1.70. The Morgan fingerprint density at radius 3 is 2.80 bits per heavy atom. The molecule has 0 aromatic carbocycles. The summed E-state index contributed by atoms with van der Waals surface area (Å²) < 4.78 is 0. The number of aliphatic carboxylic acids is 1. The zero-order valence-corrected chi connectivity index (χ0v) is 8.14. The minimum atomic E-state index is -0.779. The topological polar surface area (TPSA) is 73.4 Å². The number of Topliss-reactive ketones (excluding diaryl/α,β-unsaturated/α-hetero) is 1. The molecule has 2 heterocycles. The SMILES string of the molecule is O=C(CN1CC(C(=O)O)C1)c1ccc[nH]1. The molecule has 1 saturated heterocycles. The van der Waals surface area contributed by atoms with Gasteiger partial charge in [0.25, 0.3) is 0 Å². The third-order valence-electron chi connectivity index (χ3n) is 2.57. The van der Waals surface area contributed by atoms with Crippen molar-refractivity contribution in [3.8, 4) is 0 Å². The fraction of sp³-hybridized carbons (Fsp3) is 0.400. The van der Waals surface area contributed by atoms with E-state index in [4.69, 9.17) is 5.11 Å². The first-order chi connectivity index (χ1) is 7.16. The number of likely N-dealkylation sites (tertiary alicyclic amines) is 1. The highest BCUT2D eigenvalue weighted by Crippen LogP contribution is 2.15. The average Bonchev–Trinajstić information content (AvgIpc) is 2.61. The number of aromatic amines is 1. The van der Waals surface area contributed by atoms with Crippen molar-refractivity contribution in [3.05, 3.63) is 24.0 Å². The summed E-state index contributed by atoms with van der Waals surface area (Å²) in [5, 5.41) is 8.65. The molecule has 2 N–H and O–H groups in total. The van der Waals surface area contributed by atoms with Gasteiger partial charge in [0.2, 0.25) is 0 Å². The molecule has 0 radical (unpaired) electrons. The van der Waals surface area contributed by atoms with E-state index in [9.17, 15) is 9.59 Å². The first-order valence-electron chi connectivity index (χ1n) is 4.78. The molecular weight excluding hydrogens is 196 g/mol. The van der Waals surface area contributed by atoms with Crippen molar-refractivity contribution in [1.82, 2.24) is 9.88 Å². The summed E-state index contributed by atoms with van der Waals surface area (Å²) >= 11 is 0. The number of ketones is 1. The predicted molar refractivity (Wildman–Crippen MR) is 52.7 cm³/mol. The number of carboxylic acids is 1. The number of nitrogens with zero attached hydrogens (tertiary/aromatic N) is 1. The van der Waals surface area contributed by atoms with E-state index in [1.165, 1.54) is 0 Å². The van der Waals surface area contributed by atoms with Gasteiger partial charge in [0.1, 0.15) is 0 Å². The highest BCUT2D eigenvalue weighted by atomic mass is 16.4. The van der Waals surface area contributed by atoms with Crippen LogP contribution in [0.3, 0.4) is 0 Å². The van der Waals surface area contributed by atoms with Crippen LogP contribution in [0.25, 0.3) is 0 Å². The Morgan fingerprint density at radius 1 is 1.53 bits per heavy atom. The van der Waals surface area contributed by atoms with Crippen molar-refractivity contribution in [2.45, 2.75) is 0 Å². The summed E-state index contributed by atoms with van der Waals surface area (Å²) in [7, 11) is 0. The third-order valence-corrected chi connectivity index (χ3v) is 2.57. The van der Waals surface area contributed by atoms with Gasteiger partial charge in [-0.25, -0.2) is 0 Å². The second-order valence-electron chi connectivity index (χ2n) is 3.74. The minimum Gasteiger partial charge on any atom is -0.481 e. The van der Waals surface area contributed by atoms with Crippen LogP contribution in [0, 0.1) is 5.92 Å². The molecular formula is C10H12N2O3. The molecule has 5 nitrogen and oxygen atoms in total. The van der Waals surface area contributed by atoms with Crippen molar-refractivity contribution in [2.24, 2.45) is 5.92 Å². The second-order valence-corrected chi connectivity index (χ2v) is 3.74. The smallest absolute Gasteiger partial charge is 0.309 e. The van der Waals surface area contributed by atoms with Gasteiger partial charge in [0.15, 0.2) is 5.78 Å². The van der Waals surface area contributed by atoms with Gasteiger partial charge in [-0.2, -0.15) is 0 Å². The summed E-state index contributed by atoms with van der Waals surface area (Å²) in [5.74, 6) is -1.08. The molecule has 5 heteroatoms. The highest BCUT2D eigenvalue weighted by Gasteiger charge is 2.33. The maximum absolute atomic E-state index is 11.6. The lowest BCUT2D eigenvalue weighted by Gasteiger charge is -2.35. The normalized spacial score (nSPS) is 17.3. The zero-order valence-electron chi connectivity index (χ0n) is 8.14. The molecule has 1 aliphatic heterocycles. The molecule has 0 unspecified atom stereocenters. The van der Waals surface area contributed by atoms with Crippen LogP contribution in [-0.4, -0.2) is 46.4 Å². The predicted octanol–water partition coefficient (Wildman–Crippen LogP) is 0.214. The summed E-state index contributed by atoms with van der Waals surface area (Å²) in [6.45, 7) is 1.24. The van der Waals surface area contributed by atoms with E-state index in [-0.39, 0.29) is 11.7 Å². The van der Waals surface area contributed by atoms with E-state index in [2.05, 4.69) is 4.98 Å². The van der Waals surface area contributed by atoms with Crippen LogP contribution in [0.4, 0.5) is 0 Å². The van der Waals surface area contributed by atoms with E-state index in [1.54, 1.807) is 18.3 Å². The zero-order chi connectivity index (χ0) is 10.8. The van der Waals surface area contributed by atoms with Gasteiger partial charge in [0.05, 0.1) is 18.2 Å². The van der Waals surface area contributed by atoms with E-state index >= 15 is 0 Å². The van der Waals surface area contributed by atoms with Crippen LogP contribution in [-0.2, 0) is 4.79 Å². The van der Waals surface area contributed by atoms with Gasteiger partial charge >= 0.3 is 5.97 Å². The monoisotopic (exact) mass is 208 g/mol. The van der Waals surface area contributed by atoms with Crippen LogP contribution in [0.15, 0.2) is 18.3 Å². The molecule has 15 heavy (non-hydrogen) atoms. The minimum absolute atomic E-state index is 0.00355. The Balaban J connectivity index is 1.81. The molecule has 1 aliphatic rings. The van der Waals surface area contributed by atoms with Crippen LogP contribution in [0.1, 0.15) is 10.5 Å². The Labute approximate surface area is 86.7 Å². The number of carbonyl (C=O) groups is 2. The van der Waals surface area contributed by atoms with Crippen molar-refractivity contribution < 1.29 is 14.7 Å². The summed E-state index contributed by atoms with van der Waals surface area (Å²) in [5.41, 5.74) is 0.578. The van der Waals surface area contributed by atoms with Crippen LogP contribution >= 0.6 is 0 Å². The molecule has 2 rings (SSSR count). The Bertz CT molecular complexity index is 366. The molecule has 0 amide bonds. The van der Waals surface area contributed by atoms with Gasteiger partial charge < -0.3 is 10.1 Å². The third kappa shape index (κ3) is 2.07. The van der Waals surface area contributed by atoms with Gasteiger partial charge in [-0.05, 0) is 12.1 Å². The molecule has 80 valence electrons. The largest absolute Gasteiger partial charge is 0.481 e. The Hall–Kier alpha value is -1.62. The van der Waals surface area contributed by atoms with E-state index < -0.39 is 5.97 Å². The molecule has 1 fully saturated rings. The number of hydrogen-bond donors (Lipinski definition) is 2. The number of nitrogens with one attached hydrogen (secondary N) is 1. The van der Waals surface area contributed by atoms with Gasteiger partial charge in [-0.3, -0.25) is 14.5 Å².